The van der Waals surface area contributed by atoms with E-state index in [1.165, 1.54) is 12.6 Å². The maximum absolute atomic E-state index is 13.1. The van der Waals surface area contributed by atoms with Gasteiger partial charge in [-0.3, -0.25) is 19.1 Å². The van der Waals surface area contributed by atoms with E-state index in [0.717, 1.165) is 15.8 Å². The number of benzene rings is 2. The summed E-state index contributed by atoms with van der Waals surface area (Å²) < 4.78 is 7.12. The van der Waals surface area contributed by atoms with Crippen LogP contribution in [0.3, 0.4) is 0 Å². The molecule has 0 spiro atoms. The third-order valence-corrected chi connectivity index (χ3v) is 5.60. The van der Waals surface area contributed by atoms with Crippen molar-refractivity contribution in [2.24, 2.45) is 7.05 Å². The van der Waals surface area contributed by atoms with E-state index in [-0.39, 0.29) is 5.69 Å². The number of rotatable bonds is 5. The van der Waals surface area contributed by atoms with Crippen LogP contribution in [0, 0.1) is 0 Å². The predicted molar refractivity (Wildman–Crippen MR) is 119 cm³/mol. The monoisotopic (exact) mass is 435 g/mol. The summed E-state index contributed by atoms with van der Waals surface area (Å²) in [5, 5.41) is 4.15. The molecule has 1 saturated heterocycles. The zero-order valence-electron chi connectivity index (χ0n) is 18.1. The van der Waals surface area contributed by atoms with Gasteiger partial charge in [0.15, 0.2) is 0 Å². The Morgan fingerprint density at radius 1 is 0.969 bits per heavy atom. The van der Waals surface area contributed by atoms with E-state index >= 15 is 0 Å². The Balaban J connectivity index is 1.54. The molecule has 1 amide bonds. The molecule has 3 aromatic rings. The predicted octanol–water partition coefficient (Wildman–Crippen LogP) is 0.898. The Morgan fingerprint density at radius 3 is 2.25 bits per heavy atom. The fourth-order valence-electron chi connectivity index (χ4n) is 3.70. The SMILES string of the molecule is COc1ccc(-n2nc(C(=O)N3CCN(Cc4ccccc4)CC3)c(=O)n(C)c2=O)cc1. The largest absolute Gasteiger partial charge is 0.497 e. The second-order valence-electron chi connectivity index (χ2n) is 7.66. The van der Waals surface area contributed by atoms with Crippen LogP contribution in [0.1, 0.15) is 16.1 Å². The van der Waals surface area contributed by atoms with Gasteiger partial charge in [-0.1, -0.05) is 30.3 Å². The molecule has 0 aliphatic carbocycles. The number of carbonyl (C=O) groups is 1. The summed E-state index contributed by atoms with van der Waals surface area (Å²) in [6.45, 7) is 3.17. The molecule has 9 heteroatoms. The number of nitrogens with zero attached hydrogens (tertiary/aromatic N) is 5. The lowest BCUT2D eigenvalue weighted by Crippen LogP contribution is -2.51. The molecule has 1 aromatic heterocycles. The van der Waals surface area contributed by atoms with Crippen molar-refractivity contribution in [3.05, 3.63) is 86.7 Å². The fourth-order valence-corrected chi connectivity index (χ4v) is 3.70. The lowest BCUT2D eigenvalue weighted by atomic mass is 10.2. The van der Waals surface area contributed by atoms with Crippen molar-refractivity contribution in [2.45, 2.75) is 6.54 Å². The summed E-state index contributed by atoms with van der Waals surface area (Å²) in [5.41, 5.74) is 0.0720. The summed E-state index contributed by atoms with van der Waals surface area (Å²) in [7, 11) is 2.89. The Hall–Kier alpha value is -3.72. The minimum atomic E-state index is -0.698. The van der Waals surface area contributed by atoms with Gasteiger partial charge in [-0.25, -0.2) is 4.79 Å². The minimum Gasteiger partial charge on any atom is -0.497 e. The molecule has 0 atom stereocenters. The molecule has 0 bridgehead atoms. The Bertz CT molecular complexity index is 1210. The van der Waals surface area contributed by atoms with Crippen molar-refractivity contribution in [1.29, 1.82) is 0 Å². The van der Waals surface area contributed by atoms with Crippen LogP contribution >= 0.6 is 0 Å². The molecular weight excluding hydrogens is 410 g/mol. The third-order valence-electron chi connectivity index (χ3n) is 5.60. The molecule has 0 N–H and O–H groups in total. The van der Waals surface area contributed by atoms with E-state index in [0.29, 0.717) is 37.6 Å². The second kappa shape index (κ2) is 9.19. The van der Waals surface area contributed by atoms with Gasteiger partial charge >= 0.3 is 5.69 Å². The van der Waals surface area contributed by atoms with E-state index in [1.807, 2.05) is 18.2 Å². The molecule has 1 aliphatic rings. The van der Waals surface area contributed by atoms with E-state index < -0.39 is 17.2 Å². The Kier molecular flexibility index (Phi) is 6.18. The maximum atomic E-state index is 13.1. The smallest absolute Gasteiger partial charge is 0.351 e. The lowest BCUT2D eigenvalue weighted by Gasteiger charge is -2.34. The maximum Gasteiger partial charge on any atom is 0.351 e. The van der Waals surface area contributed by atoms with Crippen LogP contribution < -0.4 is 16.0 Å². The number of methoxy groups -OCH3 is 1. The van der Waals surface area contributed by atoms with Gasteiger partial charge in [0.25, 0.3) is 11.5 Å². The van der Waals surface area contributed by atoms with Crippen LogP contribution in [0.2, 0.25) is 0 Å². The Labute approximate surface area is 185 Å². The van der Waals surface area contributed by atoms with E-state index in [4.69, 9.17) is 4.74 Å². The first-order chi connectivity index (χ1) is 15.5. The normalized spacial score (nSPS) is 14.4. The highest BCUT2D eigenvalue weighted by molar-refractivity contribution is 5.91. The van der Waals surface area contributed by atoms with Crippen LogP contribution in [0.5, 0.6) is 5.75 Å². The summed E-state index contributed by atoms with van der Waals surface area (Å²) in [5.74, 6) is 0.156. The number of carbonyl (C=O) groups excluding carboxylic acids is 1. The lowest BCUT2D eigenvalue weighted by molar-refractivity contribution is 0.0617. The zero-order valence-corrected chi connectivity index (χ0v) is 18.1. The van der Waals surface area contributed by atoms with Gasteiger partial charge in [-0.2, -0.15) is 9.78 Å². The van der Waals surface area contributed by atoms with Gasteiger partial charge in [-0.05, 0) is 29.8 Å². The Morgan fingerprint density at radius 2 is 1.62 bits per heavy atom. The molecular formula is C23H25N5O4. The number of amides is 1. The highest BCUT2D eigenvalue weighted by Crippen LogP contribution is 2.13. The van der Waals surface area contributed by atoms with Crippen molar-refractivity contribution < 1.29 is 9.53 Å². The number of hydrogen-bond donors (Lipinski definition) is 0. The number of ether oxygens (including phenoxy) is 1. The minimum absolute atomic E-state index is 0.264. The number of aromatic nitrogens is 3. The first-order valence-corrected chi connectivity index (χ1v) is 10.4. The summed E-state index contributed by atoms with van der Waals surface area (Å²) in [4.78, 5) is 42.3. The summed E-state index contributed by atoms with van der Waals surface area (Å²) in [6.07, 6.45) is 0. The fraction of sp³-hybridized carbons (Fsp3) is 0.304. The van der Waals surface area contributed by atoms with Crippen molar-refractivity contribution >= 4 is 5.91 Å². The van der Waals surface area contributed by atoms with Crippen LogP contribution in [-0.2, 0) is 13.6 Å². The second-order valence-corrected chi connectivity index (χ2v) is 7.66. The van der Waals surface area contributed by atoms with Gasteiger partial charge in [0, 0.05) is 39.8 Å². The molecule has 166 valence electrons. The average molecular weight is 435 g/mol. The van der Waals surface area contributed by atoms with Gasteiger partial charge in [0.2, 0.25) is 5.69 Å². The number of piperazine rings is 1. The van der Waals surface area contributed by atoms with Crippen molar-refractivity contribution in [2.75, 3.05) is 33.3 Å². The van der Waals surface area contributed by atoms with E-state index in [1.54, 1.807) is 36.3 Å². The highest BCUT2D eigenvalue weighted by atomic mass is 16.5. The van der Waals surface area contributed by atoms with Crippen molar-refractivity contribution in [3.8, 4) is 11.4 Å². The third kappa shape index (κ3) is 4.33. The number of hydrogen-bond acceptors (Lipinski definition) is 6. The van der Waals surface area contributed by atoms with Gasteiger partial charge in [-0.15, -0.1) is 0 Å². The van der Waals surface area contributed by atoms with Gasteiger partial charge < -0.3 is 9.64 Å². The first-order valence-electron chi connectivity index (χ1n) is 10.4. The summed E-state index contributed by atoms with van der Waals surface area (Å²) in [6, 6.07) is 16.8. The van der Waals surface area contributed by atoms with Crippen LogP contribution in [0.4, 0.5) is 0 Å². The first kappa shape index (κ1) is 21.5. The highest BCUT2D eigenvalue weighted by Gasteiger charge is 2.27. The molecule has 1 fully saturated rings. The quantitative estimate of drug-likeness (QED) is 0.592. The molecule has 0 saturated carbocycles. The average Bonchev–Trinajstić information content (AvgIpc) is 2.84. The molecule has 2 heterocycles. The summed E-state index contributed by atoms with van der Waals surface area (Å²) >= 11 is 0. The van der Waals surface area contributed by atoms with Crippen LogP contribution in [-0.4, -0.2) is 63.3 Å². The molecule has 9 nitrogen and oxygen atoms in total. The van der Waals surface area contributed by atoms with Gasteiger partial charge in [0.05, 0.1) is 12.8 Å². The van der Waals surface area contributed by atoms with E-state index in [2.05, 4.69) is 22.1 Å². The molecule has 2 aromatic carbocycles. The molecule has 1 aliphatic heterocycles. The molecule has 4 rings (SSSR count). The van der Waals surface area contributed by atoms with Crippen molar-refractivity contribution in [1.82, 2.24) is 24.1 Å². The standard InChI is InChI=1S/C23H25N5O4/c1-25-21(29)20(24-28(23(25)31)18-8-10-19(32-2)11-9-18)22(30)27-14-12-26(13-15-27)16-17-6-4-3-5-7-17/h3-11H,12-16H2,1-2H3. The topological polar surface area (TPSA) is 89.7 Å². The van der Waals surface area contributed by atoms with Gasteiger partial charge in [0.1, 0.15) is 5.75 Å². The van der Waals surface area contributed by atoms with E-state index in [9.17, 15) is 14.4 Å². The van der Waals surface area contributed by atoms with Crippen LogP contribution in [0.25, 0.3) is 5.69 Å². The molecule has 0 radical (unpaired) electrons. The zero-order chi connectivity index (χ0) is 22.7. The molecule has 0 unspecified atom stereocenters. The molecule has 32 heavy (non-hydrogen) atoms. The van der Waals surface area contributed by atoms with Crippen LogP contribution in [0.15, 0.2) is 64.2 Å². The van der Waals surface area contributed by atoms with Crippen molar-refractivity contribution in [3.63, 3.8) is 0 Å².